The van der Waals surface area contributed by atoms with Crippen LogP contribution in [-0.4, -0.2) is 70.5 Å². The number of hydrogen-bond donors (Lipinski definition) is 2. The molecule has 0 saturated carbocycles. The van der Waals surface area contributed by atoms with E-state index in [1.165, 1.54) is 11.1 Å². The van der Waals surface area contributed by atoms with E-state index in [-0.39, 0.29) is 42.4 Å². The summed E-state index contributed by atoms with van der Waals surface area (Å²) in [6.45, 7) is 5.87. The number of rotatable bonds is 8. The van der Waals surface area contributed by atoms with Crippen LogP contribution in [0.5, 0.6) is 0 Å². The number of aliphatic imine (C=N–C) groups is 1. The summed E-state index contributed by atoms with van der Waals surface area (Å²) in [6.07, 6.45) is 7.32. The minimum Gasteiger partial charge on any atom is -0.377 e. The number of ether oxygens (including phenoxy) is 1. The molecule has 2 fully saturated rings. The zero-order valence-electron chi connectivity index (χ0n) is 19.0. The molecule has 1 unspecified atom stereocenters. The highest BCUT2D eigenvalue weighted by Crippen LogP contribution is 2.19. The maximum absolute atomic E-state index is 12.3. The molecule has 0 aliphatic carbocycles. The van der Waals surface area contributed by atoms with Crippen molar-refractivity contribution in [2.75, 3.05) is 45.1 Å². The molecule has 2 saturated heterocycles. The van der Waals surface area contributed by atoms with Gasteiger partial charge in [-0.25, -0.2) is 13.1 Å². The molecule has 2 aliphatic heterocycles. The average molecular weight is 577 g/mol. The fourth-order valence-electron chi connectivity index (χ4n) is 3.89. The predicted octanol–water partition coefficient (Wildman–Crippen LogP) is 3.24. The molecule has 0 bridgehead atoms. The van der Waals surface area contributed by atoms with Crippen LogP contribution in [0.15, 0.2) is 40.9 Å². The molecule has 180 valence electrons. The minimum atomic E-state index is -3.36. The van der Waals surface area contributed by atoms with E-state index < -0.39 is 10.0 Å². The zero-order chi connectivity index (χ0) is 21.9. The fourth-order valence-corrected chi connectivity index (χ4v) is 4.81. The molecular weight excluding hydrogens is 539 g/mol. The van der Waals surface area contributed by atoms with Crippen LogP contribution in [-0.2, 0) is 14.8 Å². The highest BCUT2D eigenvalue weighted by molar-refractivity contribution is 14.0. The molecular formula is C23H37IN4O3S. The molecule has 0 spiro atoms. The van der Waals surface area contributed by atoms with Crippen LogP contribution in [0.2, 0.25) is 0 Å². The summed E-state index contributed by atoms with van der Waals surface area (Å²) >= 11 is 0. The van der Waals surface area contributed by atoms with Gasteiger partial charge in [-0.15, -0.1) is 24.0 Å². The van der Waals surface area contributed by atoms with Crippen molar-refractivity contribution in [3.8, 4) is 0 Å². The number of nitrogens with zero attached hydrogens (tertiary/aromatic N) is 2. The molecule has 7 nitrogen and oxygen atoms in total. The summed E-state index contributed by atoms with van der Waals surface area (Å²) < 4.78 is 32.9. The molecule has 1 aromatic rings. The van der Waals surface area contributed by atoms with Crippen molar-refractivity contribution in [1.82, 2.24) is 14.9 Å². The molecule has 2 heterocycles. The van der Waals surface area contributed by atoms with Crippen LogP contribution in [0.1, 0.15) is 44.6 Å². The van der Waals surface area contributed by atoms with Crippen LogP contribution in [0.3, 0.4) is 0 Å². The highest BCUT2D eigenvalue weighted by atomic mass is 127. The van der Waals surface area contributed by atoms with Crippen molar-refractivity contribution < 1.29 is 13.2 Å². The second kappa shape index (κ2) is 14.2. The third-order valence-corrected chi connectivity index (χ3v) is 6.96. The summed E-state index contributed by atoms with van der Waals surface area (Å²) in [4.78, 5) is 6.81. The monoisotopic (exact) mass is 576 g/mol. The lowest BCUT2D eigenvalue weighted by Crippen LogP contribution is -2.45. The lowest BCUT2D eigenvalue weighted by molar-refractivity contribution is 0.0200. The second-order valence-electron chi connectivity index (χ2n) is 8.09. The molecule has 0 amide bonds. The van der Waals surface area contributed by atoms with Gasteiger partial charge in [-0.3, -0.25) is 4.99 Å². The molecule has 2 aliphatic rings. The van der Waals surface area contributed by atoms with Crippen molar-refractivity contribution in [3.05, 3.63) is 41.5 Å². The standard InChI is InChI=1S/C23H36N4O3S.HI/c1-2-24-23(25-13-17-31(28,29)26-19-22-10-6-7-16-30-22)27-14-11-21(12-15-27)18-20-8-4-3-5-9-20;/h3-5,8-9,18,22,26H,2,6-7,10-17,19H2,1H3,(H,24,25);1H. The number of halogens is 1. The van der Waals surface area contributed by atoms with E-state index in [0.717, 1.165) is 64.3 Å². The number of hydrogen-bond acceptors (Lipinski definition) is 4. The van der Waals surface area contributed by atoms with Gasteiger partial charge in [-0.1, -0.05) is 42.0 Å². The average Bonchev–Trinajstić information content (AvgIpc) is 2.79. The van der Waals surface area contributed by atoms with Crippen LogP contribution in [0.4, 0.5) is 0 Å². The van der Waals surface area contributed by atoms with Crippen molar-refractivity contribution in [3.63, 3.8) is 0 Å². The van der Waals surface area contributed by atoms with Gasteiger partial charge in [-0.05, 0) is 44.6 Å². The zero-order valence-corrected chi connectivity index (χ0v) is 22.1. The molecule has 0 aromatic heterocycles. The second-order valence-corrected chi connectivity index (χ2v) is 10.0. The van der Waals surface area contributed by atoms with E-state index in [1.54, 1.807) is 0 Å². The molecule has 2 N–H and O–H groups in total. The van der Waals surface area contributed by atoms with Gasteiger partial charge in [0.1, 0.15) is 0 Å². The van der Waals surface area contributed by atoms with E-state index in [0.29, 0.717) is 6.54 Å². The molecule has 3 rings (SSSR count). The van der Waals surface area contributed by atoms with E-state index in [2.05, 4.69) is 50.3 Å². The molecule has 1 aromatic carbocycles. The minimum absolute atomic E-state index is 0. The lowest BCUT2D eigenvalue weighted by Gasteiger charge is -2.31. The molecule has 0 radical (unpaired) electrons. The summed E-state index contributed by atoms with van der Waals surface area (Å²) in [6, 6.07) is 10.4. The number of piperidine rings is 1. The van der Waals surface area contributed by atoms with E-state index in [1.807, 2.05) is 13.0 Å². The summed E-state index contributed by atoms with van der Waals surface area (Å²) in [7, 11) is -3.36. The maximum Gasteiger partial charge on any atom is 0.213 e. The highest BCUT2D eigenvalue weighted by Gasteiger charge is 2.19. The van der Waals surface area contributed by atoms with Crippen LogP contribution in [0.25, 0.3) is 6.08 Å². The summed E-state index contributed by atoms with van der Waals surface area (Å²) in [5, 5.41) is 3.31. The van der Waals surface area contributed by atoms with E-state index in [9.17, 15) is 8.42 Å². The molecule has 1 atom stereocenters. The predicted molar refractivity (Wildman–Crippen MR) is 142 cm³/mol. The number of guanidine groups is 1. The normalized spacial score (nSPS) is 19.9. The lowest BCUT2D eigenvalue weighted by atomic mass is 10.0. The Bertz CT molecular complexity index is 830. The summed E-state index contributed by atoms with van der Waals surface area (Å²) in [5.41, 5.74) is 2.68. The van der Waals surface area contributed by atoms with Crippen molar-refractivity contribution in [2.45, 2.75) is 45.1 Å². The maximum atomic E-state index is 12.3. The number of likely N-dealkylation sites (tertiary alicyclic amines) is 1. The Balaban J connectivity index is 0.00000363. The Morgan fingerprint density at radius 3 is 2.62 bits per heavy atom. The number of nitrogens with one attached hydrogen (secondary N) is 2. The van der Waals surface area contributed by atoms with Gasteiger partial charge >= 0.3 is 0 Å². The first kappa shape index (κ1) is 27.1. The Labute approximate surface area is 210 Å². The third-order valence-electron chi connectivity index (χ3n) is 5.64. The topological polar surface area (TPSA) is 83.0 Å². The van der Waals surface area contributed by atoms with Crippen molar-refractivity contribution in [1.29, 1.82) is 0 Å². The number of benzene rings is 1. The first-order valence-electron chi connectivity index (χ1n) is 11.4. The van der Waals surface area contributed by atoms with Gasteiger partial charge in [0.15, 0.2) is 5.96 Å². The Hall–Kier alpha value is -1.17. The number of sulfonamides is 1. The summed E-state index contributed by atoms with van der Waals surface area (Å²) in [5.74, 6) is 0.786. The van der Waals surface area contributed by atoms with Gasteiger partial charge in [-0.2, -0.15) is 0 Å². The third kappa shape index (κ3) is 9.36. The SMILES string of the molecule is CCNC(=NCCS(=O)(=O)NCC1CCCCO1)N1CCC(=Cc2ccccc2)CC1.I. The van der Waals surface area contributed by atoms with Gasteiger partial charge in [0.05, 0.1) is 18.4 Å². The van der Waals surface area contributed by atoms with Crippen LogP contribution in [0, 0.1) is 0 Å². The quantitative estimate of drug-likeness (QED) is 0.282. The largest absolute Gasteiger partial charge is 0.377 e. The Kier molecular flexibility index (Phi) is 12.0. The van der Waals surface area contributed by atoms with E-state index >= 15 is 0 Å². The van der Waals surface area contributed by atoms with Gasteiger partial charge < -0.3 is 15.0 Å². The molecule has 32 heavy (non-hydrogen) atoms. The first-order chi connectivity index (χ1) is 15.1. The first-order valence-corrected chi connectivity index (χ1v) is 13.1. The Morgan fingerprint density at radius 1 is 1.22 bits per heavy atom. The van der Waals surface area contributed by atoms with Gasteiger partial charge in [0.25, 0.3) is 0 Å². The van der Waals surface area contributed by atoms with Crippen molar-refractivity contribution >= 4 is 46.0 Å². The van der Waals surface area contributed by atoms with Crippen LogP contribution >= 0.6 is 24.0 Å². The fraction of sp³-hybridized carbons (Fsp3) is 0.609. The van der Waals surface area contributed by atoms with Gasteiger partial charge in [0, 0.05) is 32.8 Å². The van der Waals surface area contributed by atoms with E-state index in [4.69, 9.17) is 4.74 Å². The van der Waals surface area contributed by atoms with Gasteiger partial charge in [0.2, 0.25) is 10.0 Å². The smallest absolute Gasteiger partial charge is 0.213 e. The van der Waals surface area contributed by atoms with Crippen LogP contribution < -0.4 is 10.0 Å². The molecule has 9 heteroatoms. The Morgan fingerprint density at radius 2 is 1.97 bits per heavy atom. The van der Waals surface area contributed by atoms with Crippen molar-refractivity contribution in [2.24, 2.45) is 4.99 Å².